The van der Waals surface area contributed by atoms with Crippen LogP contribution in [-0.2, 0) is 6.42 Å². The summed E-state index contributed by atoms with van der Waals surface area (Å²) >= 11 is 0. The van der Waals surface area contributed by atoms with E-state index >= 15 is 0 Å². The maximum Gasteiger partial charge on any atom is 0.138 e. The van der Waals surface area contributed by atoms with Gasteiger partial charge in [-0.15, -0.1) is 6.58 Å². The van der Waals surface area contributed by atoms with Crippen molar-refractivity contribution in [1.82, 2.24) is 0 Å². The van der Waals surface area contributed by atoms with Crippen molar-refractivity contribution in [2.45, 2.75) is 6.42 Å². The van der Waals surface area contributed by atoms with E-state index in [4.69, 9.17) is 15.2 Å². The van der Waals surface area contributed by atoms with Crippen molar-refractivity contribution in [3.63, 3.8) is 0 Å². The molecule has 90 valence electrons. The number of allylic oxidation sites excluding steroid dienone is 1. The molecule has 1 rings (SSSR count). The van der Waals surface area contributed by atoms with Crippen LogP contribution in [0.3, 0.4) is 0 Å². The van der Waals surface area contributed by atoms with E-state index in [2.05, 4.69) is 16.9 Å². The fraction of sp³-hybridized carbons (Fsp3) is 0.167. The first-order valence-electron chi connectivity index (χ1n) is 5.01. The Bertz CT molecular complexity index is 428. The molecule has 5 nitrogen and oxygen atoms in total. The van der Waals surface area contributed by atoms with Crippen molar-refractivity contribution in [3.8, 4) is 5.75 Å². The SMILES string of the molecule is C=CCc1ccccc1OCC(/C=N/O)=N\O. The second-order valence-electron chi connectivity index (χ2n) is 3.23. The standard InChI is InChI=1S/C12H14N2O3/c1-2-5-10-6-3-4-7-12(10)17-9-11(14-16)8-13-15/h2-4,6-8,15-16H,1,5,9H2/b13-8+,14-11-. The zero-order valence-electron chi connectivity index (χ0n) is 9.28. The quantitative estimate of drug-likeness (QED) is 0.342. The Hall–Kier alpha value is -2.30. The molecule has 2 N–H and O–H groups in total. The predicted octanol–water partition coefficient (Wildman–Crippen LogP) is 2.08. The zero-order valence-corrected chi connectivity index (χ0v) is 9.28. The third-order valence-electron chi connectivity index (χ3n) is 2.05. The van der Waals surface area contributed by atoms with E-state index in [0.717, 1.165) is 11.8 Å². The monoisotopic (exact) mass is 234 g/mol. The first-order chi connectivity index (χ1) is 8.31. The molecule has 0 unspecified atom stereocenters. The van der Waals surface area contributed by atoms with Gasteiger partial charge < -0.3 is 15.2 Å². The Morgan fingerprint density at radius 2 is 2.12 bits per heavy atom. The molecule has 0 fully saturated rings. The summed E-state index contributed by atoms with van der Waals surface area (Å²) in [5, 5.41) is 22.6. The molecule has 0 radical (unpaired) electrons. The molecule has 0 saturated heterocycles. The van der Waals surface area contributed by atoms with Gasteiger partial charge in [0.2, 0.25) is 0 Å². The van der Waals surface area contributed by atoms with Gasteiger partial charge in [0.25, 0.3) is 0 Å². The number of ether oxygens (including phenoxy) is 1. The van der Waals surface area contributed by atoms with E-state index < -0.39 is 0 Å². The van der Waals surface area contributed by atoms with E-state index in [-0.39, 0.29) is 12.3 Å². The molecule has 0 heterocycles. The lowest BCUT2D eigenvalue weighted by Gasteiger charge is -2.09. The maximum absolute atomic E-state index is 8.60. The van der Waals surface area contributed by atoms with Gasteiger partial charge in [0.05, 0.1) is 6.21 Å². The van der Waals surface area contributed by atoms with E-state index in [1.165, 1.54) is 0 Å². The number of hydrogen-bond acceptors (Lipinski definition) is 5. The average Bonchev–Trinajstić information content (AvgIpc) is 2.36. The fourth-order valence-electron chi connectivity index (χ4n) is 1.28. The number of para-hydroxylation sites is 1. The van der Waals surface area contributed by atoms with Crippen LogP contribution in [-0.4, -0.2) is 28.9 Å². The lowest BCUT2D eigenvalue weighted by Crippen LogP contribution is -2.13. The van der Waals surface area contributed by atoms with Crippen molar-refractivity contribution < 1.29 is 15.2 Å². The van der Waals surface area contributed by atoms with Gasteiger partial charge in [0, 0.05) is 0 Å². The molecular weight excluding hydrogens is 220 g/mol. The summed E-state index contributed by atoms with van der Waals surface area (Å²) in [5.74, 6) is 0.680. The third kappa shape index (κ3) is 3.98. The topological polar surface area (TPSA) is 74.4 Å². The molecule has 5 heteroatoms. The van der Waals surface area contributed by atoms with E-state index in [1.54, 1.807) is 6.08 Å². The van der Waals surface area contributed by atoms with Crippen LogP contribution < -0.4 is 4.74 Å². The summed E-state index contributed by atoms with van der Waals surface area (Å²) in [6.45, 7) is 3.69. The number of benzene rings is 1. The summed E-state index contributed by atoms with van der Waals surface area (Å²) in [5.41, 5.74) is 1.11. The normalized spacial score (nSPS) is 11.6. The first kappa shape index (κ1) is 12.8. The third-order valence-corrected chi connectivity index (χ3v) is 2.05. The van der Waals surface area contributed by atoms with Gasteiger partial charge in [-0.25, -0.2) is 0 Å². The van der Waals surface area contributed by atoms with Crippen LogP contribution in [0, 0.1) is 0 Å². The van der Waals surface area contributed by atoms with Crippen molar-refractivity contribution >= 4 is 11.9 Å². The molecule has 1 aromatic rings. The van der Waals surface area contributed by atoms with Crippen molar-refractivity contribution in [2.24, 2.45) is 10.3 Å². The number of rotatable bonds is 6. The van der Waals surface area contributed by atoms with Gasteiger partial charge in [0.1, 0.15) is 18.1 Å². The highest BCUT2D eigenvalue weighted by Gasteiger charge is 2.03. The van der Waals surface area contributed by atoms with Gasteiger partial charge in [-0.1, -0.05) is 34.6 Å². The number of oxime groups is 2. The minimum absolute atomic E-state index is 0.0225. The van der Waals surface area contributed by atoms with Gasteiger partial charge in [-0.3, -0.25) is 0 Å². The van der Waals surface area contributed by atoms with Crippen LogP contribution in [0.5, 0.6) is 5.75 Å². The molecule has 0 saturated carbocycles. The molecule has 1 aromatic carbocycles. The van der Waals surface area contributed by atoms with Crippen LogP contribution in [0.2, 0.25) is 0 Å². The Morgan fingerprint density at radius 3 is 2.76 bits per heavy atom. The lowest BCUT2D eigenvalue weighted by molar-refractivity contribution is 0.306. The molecule has 0 aromatic heterocycles. The highest BCUT2D eigenvalue weighted by Crippen LogP contribution is 2.18. The highest BCUT2D eigenvalue weighted by molar-refractivity contribution is 6.30. The summed E-state index contributed by atoms with van der Waals surface area (Å²) in [7, 11) is 0. The molecule has 0 bridgehead atoms. The lowest BCUT2D eigenvalue weighted by atomic mass is 10.1. The van der Waals surface area contributed by atoms with Gasteiger partial charge in [-0.2, -0.15) is 0 Å². The van der Waals surface area contributed by atoms with E-state index in [1.807, 2.05) is 24.3 Å². The van der Waals surface area contributed by atoms with Crippen LogP contribution in [0.25, 0.3) is 0 Å². The van der Waals surface area contributed by atoms with Crippen molar-refractivity contribution in [3.05, 3.63) is 42.5 Å². The molecule has 0 aliphatic heterocycles. The molecule has 0 aliphatic rings. The Morgan fingerprint density at radius 1 is 1.35 bits per heavy atom. The Labute approximate surface area is 99.3 Å². The highest BCUT2D eigenvalue weighted by atomic mass is 16.5. The minimum atomic E-state index is 0.0225. The van der Waals surface area contributed by atoms with E-state index in [9.17, 15) is 0 Å². The second kappa shape index (κ2) is 7.05. The molecule has 0 amide bonds. The largest absolute Gasteiger partial charge is 0.487 e. The predicted molar refractivity (Wildman–Crippen MR) is 65.3 cm³/mol. The van der Waals surface area contributed by atoms with Gasteiger partial charge >= 0.3 is 0 Å². The van der Waals surface area contributed by atoms with Crippen LogP contribution in [0.15, 0.2) is 47.2 Å². The molecule has 0 spiro atoms. The summed E-state index contributed by atoms with van der Waals surface area (Å²) in [6, 6.07) is 7.48. The minimum Gasteiger partial charge on any atom is -0.487 e. The summed E-state index contributed by atoms with van der Waals surface area (Å²) in [4.78, 5) is 0. The number of hydrogen-bond donors (Lipinski definition) is 2. The molecule has 17 heavy (non-hydrogen) atoms. The van der Waals surface area contributed by atoms with Crippen LogP contribution >= 0.6 is 0 Å². The number of nitrogens with zero attached hydrogens (tertiary/aromatic N) is 2. The smallest absolute Gasteiger partial charge is 0.138 e. The van der Waals surface area contributed by atoms with Crippen molar-refractivity contribution in [1.29, 1.82) is 0 Å². The average molecular weight is 234 g/mol. The Kier molecular flexibility index (Phi) is 5.30. The van der Waals surface area contributed by atoms with Crippen LogP contribution in [0.1, 0.15) is 5.56 Å². The van der Waals surface area contributed by atoms with Crippen LogP contribution in [0.4, 0.5) is 0 Å². The van der Waals surface area contributed by atoms with E-state index in [0.29, 0.717) is 12.2 Å². The zero-order chi connectivity index (χ0) is 12.5. The Balaban J connectivity index is 2.71. The molecule has 0 atom stereocenters. The fourth-order valence-corrected chi connectivity index (χ4v) is 1.28. The molecular formula is C12H14N2O3. The van der Waals surface area contributed by atoms with Gasteiger partial charge in [-0.05, 0) is 18.1 Å². The van der Waals surface area contributed by atoms with Crippen molar-refractivity contribution in [2.75, 3.05) is 6.61 Å². The second-order valence-corrected chi connectivity index (χ2v) is 3.23. The summed E-state index contributed by atoms with van der Waals surface area (Å²) < 4.78 is 5.45. The summed E-state index contributed by atoms with van der Waals surface area (Å²) in [6.07, 6.45) is 3.48. The molecule has 0 aliphatic carbocycles. The van der Waals surface area contributed by atoms with Gasteiger partial charge in [0.15, 0.2) is 0 Å². The maximum atomic E-state index is 8.60. The first-order valence-corrected chi connectivity index (χ1v) is 5.01.